The first-order valence-corrected chi connectivity index (χ1v) is 9.74. The number of para-hydroxylation sites is 1. The van der Waals surface area contributed by atoms with Crippen LogP contribution in [0.5, 0.6) is 11.5 Å². The van der Waals surface area contributed by atoms with E-state index in [0.717, 1.165) is 49.5 Å². The molecule has 0 aliphatic carbocycles. The summed E-state index contributed by atoms with van der Waals surface area (Å²) in [6.07, 6.45) is 5.93. The Hall–Kier alpha value is -2.92. The minimum Gasteiger partial charge on any atom is -0.457 e. The van der Waals surface area contributed by atoms with Crippen molar-refractivity contribution in [2.24, 2.45) is 13.0 Å². The predicted octanol–water partition coefficient (Wildman–Crippen LogP) is 4.31. The molecule has 1 aliphatic heterocycles. The van der Waals surface area contributed by atoms with E-state index in [4.69, 9.17) is 4.74 Å². The summed E-state index contributed by atoms with van der Waals surface area (Å²) in [6, 6.07) is 17.2. The Morgan fingerprint density at radius 1 is 1.11 bits per heavy atom. The zero-order valence-electron chi connectivity index (χ0n) is 16.1. The Labute approximate surface area is 165 Å². The summed E-state index contributed by atoms with van der Waals surface area (Å²) in [6.45, 7) is 2.68. The number of rotatable bonds is 6. The van der Waals surface area contributed by atoms with Crippen molar-refractivity contribution >= 4 is 5.78 Å². The molecule has 1 aliphatic rings. The number of aryl methyl sites for hydroxylation is 1. The number of benzene rings is 2. The van der Waals surface area contributed by atoms with Crippen LogP contribution in [0.1, 0.15) is 28.8 Å². The molecule has 5 heteroatoms. The van der Waals surface area contributed by atoms with Crippen molar-refractivity contribution in [3.63, 3.8) is 0 Å². The van der Waals surface area contributed by atoms with Gasteiger partial charge in [0.1, 0.15) is 11.5 Å². The van der Waals surface area contributed by atoms with Gasteiger partial charge < -0.3 is 4.74 Å². The van der Waals surface area contributed by atoms with Crippen LogP contribution in [0, 0.1) is 5.92 Å². The van der Waals surface area contributed by atoms with E-state index in [2.05, 4.69) is 10.00 Å². The van der Waals surface area contributed by atoms with Gasteiger partial charge in [0.05, 0.1) is 6.20 Å². The van der Waals surface area contributed by atoms with Gasteiger partial charge in [-0.15, -0.1) is 0 Å². The fourth-order valence-corrected chi connectivity index (χ4v) is 3.77. The molecule has 0 spiro atoms. The lowest BCUT2D eigenvalue weighted by molar-refractivity contribution is 0.0811. The molecule has 2 heterocycles. The predicted molar refractivity (Wildman–Crippen MR) is 108 cm³/mol. The molecule has 0 bridgehead atoms. The molecule has 2 aromatic carbocycles. The maximum absolute atomic E-state index is 13.0. The van der Waals surface area contributed by atoms with Crippen LogP contribution in [0.4, 0.5) is 0 Å². The summed E-state index contributed by atoms with van der Waals surface area (Å²) >= 11 is 0. The van der Waals surface area contributed by atoms with Crippen LogP contribution < -0.4 is 4.74 Å². The van der Waals surface area contributed by atoms with Crippen LogP contribution in [-0.4, -0.2) is 33.6 Å². The van der Waals surface area contributed by atoms with Crippen LogP contribution in [-0.2, 0) is 13.6 Å². The van der Waals surface area contributed by atoms with Gasteiger partial charge in [-0.2, -0.15) is 5.10 Å². The number of hydrogen-bond donors (Lipinski definition) is 0. The second-order valence-corrected chi connectivity index (χ2v) is 7.40. The third-order valence-corrected chi connectivity index (χ3v) is 5.16. The first kappa shape index (κ1) is 18.4. The fraction of sp³-hybridized carbons (Fsp3) is 0.304. The molecule has 5 nitrogen and oxygen atoms in total. The van der Waals surface area contributed by atoms with Gasteiger partial charge in [-0.25, -0.2) is 0 Å². The Bertz CT molecular complexity index is 919. The molecule has 28 heavy (non-hydrogen) atoms. The molecule has 0 radical (unpaired) electrons. The monoisotopic (exact) mass is 375 g/mol. The van der Waals surface area contributed by atoms with Crippen LogP contribution in [0.3, 0.4) is 0 Å². The van der Waals surface area contributed by atoms with E-state index in [0.29, 0.717) is 0 Å². The number of hydrogen-bond acceptors (Lipinski definition) is 4. The summed E-state index contributed by atoms with van der Waals surface area (Å²) in [5, 5.41) is 4.23. The molecule has 1 aromatic heterocycles. The van der Waals surface area contributed by atoms with Gasteiger partial charge in [-0.05, 0) is 55.8 Å². The van der Waals surface area contributed by atoms with Gasteiger partial charge in [-0.3, -0.25) is 14.4 Å². The van der Waals surface area contributed by atoms with E-state index < -0.39 is 0 Å². The second kappa shape index (κ2) is 8.40. The average Bonchev–Trinajstić information content (AvgIpc) is 3.13. The van der Waals surface area contributed by atoms with Crippen molar-refractivity contribution in [3.8, 4) is 11.5 Å². The Balaban J connectivity index is 1.37. The van der Waals surface area contributed by atoms with Crippen molar-refractivity contribution in [1.82, 2.24) is 14.7 Å². The number of ether oxygens (including phenoxy) is 1. The van der Waals surface area contributed by atoms with E-state index in [9.17, 15) is 4.79 Å². The summed E-state index contributed by atoms with van der Waals surface area (Å²) in [4.78, 5) is 15.3. The smallest absolute Gasteiger partial charge is 0.167 e. The molecule has 1 fully saturated rings. The molecular formula is C23H25N3O2. The van der Waals surface area contributed by atoms with Crippen molar-refractivity contribution in [2.45, 2.75) is 19.4 Å². The molecule has 3 aromatic rings. The van der Waals surface area contributed by atoms with Crippen LogP contribution >= 0.6 is 0 Å². The number of nitrogens with zero attached hydrogens (tertiary/aromatic N) is 3. The van der Waals surface area contributed by atoms with E-state index >= 15 is 0 Å². The third-order valence-electron chi connectivity index (χ3n) is 5.16. The maximum atomic E-state index is 13.0. The number of carbonyl (C=O) groups is 1. The topological polar surface area (TPSA) is 47.4 Å². The van der Waals surface area contributed by atoms with Crippen LogP contribution in [0.25, 0.3) is 0 Å². The number of ketones is 1. The summed E-state index contributed by atoms with van der Waals surface area (Å²) in [5.41, 5.74) is 1.95. The lowest BCUT2D eigenvalue weighted by atomic mass is 9.90. The van der Waals surface area contributed by atoms with Gasteiger partial charge in [-0.1, -0.05) is 18.2 Å². The summed E-state index contributed by atoms with van der Waals surface area (Å²) in [5.74, 6) is 1.80. The second-order valence-electron chi connectivity index (χ2n) is 7.40. The molecule has 1 atom stereocenters. The quantitative estimate of drug-likeness (QED) is 0.603. The van der Waals surface area contributed by atoms with Crippen molar-refractivity contribution in [2.75, 3.05) is 13.1 Å². The zero-order valence-corrected chi connectivity index (χ0v) is 16.1. The van der Waals surface area contributed by atoms with Crippen LogP contribution in [0.2, 0.25) is 0 Å². The molecule has 4 rings (SSSR count). The minimum absolute atomic E-state index is 0.0475. The Morgan fingerprint density at radius 2 is 1.86 bits per heavy atom. The van der Waals surface area contributed by atoms with Crippen molar-refractivity contribution in [1.29, 1.82) is 0 Å². The van der Waals surface area contributed by atoms with Crippen molar-refractivity contribution < 1.29 is 9.53 Å². The molecule has 0 N–H and O–H groups in total. The third kappa shape index (κ3) is 4.49. The van der Waals surface area contributed by atoms with Crippen LogP contribution in [0.15, 0.2) is 67.0 Å². The van der Waals surface area contributed by atoms with E-state index in [1.807, 2.05) is 78.7 Å². The molecule has 1 saturated heterocycles. The fourth-order valence-electron chi connectivity index (χ4n) is 3.77. The molecule has 0 amide bonds. The average molecular weight is 375 g/mol. The van der Waals surface area contributed by atoms with Gasteiger partial charge in [0.2, 0.25) is 0 Å². The highest BCUT2D eigenvalue weighted by Gasteiger charge is 2.26. The largest absolute Gasteiger partial charge is 0.457 e. The first-order valence-electron chi connectivity index (χ1n) is 9.74. The highest BCUT2D eigenvalue weighted by molar-refractivity contribution is 5.98. The highest BCUT2D eigenvalue weighted by atomic mass is 16.5. The van der Waals surface area contributed by atoms with Gasteiger partial charge in [0.25, 0.3) is 0 Å². The standard InChI is InChI=1S/C23H25N3O2/c1-25-15-18(14-24-25)16-26-13-5-6-20(17-26)23(27)19-9-11-22(12-10-19)28-21-7-3-2-4-8-21/h2-4,7-12,14-15,20H,5-6,13,16-17H2,1H3. The van der Waals surface area contributed by atoms with Gasteiger partial charge in [0.15, 0.2) is 5.78 Å². The number of Topliss-reactive ketones (excluding diaryl/α,β-unsaturated/α-hetero) is 1. The maximum Gasteiger partial charge on any atom is 0.167 e. The highest BCUT2D eigenvalue weighted by Crippen LogP contribution is 2.25. The normalized spacial score (nSPS) is 17.4. The summed E-state index contributed by atoms with van der Waals surface area (Å²) < 4.78 is 7.64. The number of likely N-dealkylation sites (tertiary alicyclic amines) is 1. The molecule has 144 valence electrons. The zero-order chi connectivity index (χ0) is 19.3. The SMILES string of the molecule is Cn1cc(CN2CCCC(C(=O)c3ccc(Oc4ccccc4)cc3)C2)cn1. The lowest BCUT2D eigenvalue weighted by Gasteiger charge is -2.31. The van der Waals surface area contributed by atoms with Gasteiger partial charge >= 0.3 is 0 Å². The van der Waals surface area contributed by atoms with Gasteiger partial charge in [0, 0.05) is 43.4 Å². The van der Waals surface area contributed by atoms with E-state index in [1.54, 1.807) is 0 Å². The number of carbonyl (C=O) groups excluding carboxylic acids is 1. The molecular weight excluding hydrogens is 350 g/mol. The van der Waals surface area contributed by atoms with E-state index in [-0.39, 0.29) is 11.7 Å². The number of aromatic nitrogens is 2. The molecule has 0 saturated carbocycles. The minimum atomic E-state index is 0.0475. The molecule has 1 unspecified atom stereocenters. The Kier molecular flexibility index (Phi) is 5.53. The van der Waals surface area contributed by atoms with E-state index in [1.165, 1.54) is 5.56 Å². The Morgan fingerprint density at radius 3 is 2.57 bits per heavy atom. The van der Waals surface area contributed by atoms with Crippen molar-refractivity contribution in [3.05, 3.63) is 78.1 Å². The lowest BCUT2D eigenvalue weighted by Crippen LogP contribution is -2.38. The first-order chi connectivity index (χ1) is 13.7. The number of piperidine rings is 1. The summed E-state index contributed by atoms with van der Waals surface area (Å²) in [7, 11) is 1.93.